The zero-order valence-corrected chi connectivity index (χ0v) is 9.73. The zero-order chi connectivity index (χ0) is 11.7. The summed E-state index contributed by atoms with van der Waals surface area (Å²) < 4.78 is 0. The molecule has 0 saturated heterocycles. The van der Waals surface area contributed by atoms with E-state index in [1.54, 1.807) is 0 Å². The zero-order valence-electron chi connectivity index (χ0n) is 8.91. The number of hydrogen-bond acceptors (Lipinski definition) is 3. The highest BCUT2D eigenvalue weighted by atomic mass is 32.1. The summed E-state index contributed by atoms with van der Waals surface area (Å²) >= 11 is 5.25. The van der Waals surface area contributed by atoms with Crippen LogP contribution in [0.1, 0.15) is 12.0 Å². The molecule has 1 unspecified atom stereocenters. The Bertz CT molecular complexity index is 463. The Hall–Kier alpha value is -1.56. The highest BCUT2D eigenvalue weighted by molar-refractivity contribution is 7.80. The third-order valence-electron chi connectivity index (χ3n) is 2.46. The molecule has 1 heterocycles. The van der Waals surface area contributed by atoms with Crippen LogP contribution >= 0.6 is 12.2 Å². The Morgan fingerprint density at radius 3 is 2.94 bits per heavy atom. The van der Waals surface area contributed by atoms with Gasteiger partial charge in [0.15, 0.2) is 0 Å². The lowest BCUT2D eigenvalue weighted by Gasteiger charge is -2.29. The van der Waals surface area contributed by atoms with Crippen LogP contribution in [0.5, 0.6) is 0 Å². The van der Waals surface area contributed by atoms with E-state index in [2.05, 4.69) is 10.6 Å². The molecule has 1 aliphatic heterocycles. The number of benzene rings is 1. The largest absolute Gasteiger partial charge is 0.370 e. The average molecular weight is 233 g/mol. The number of carbonyl (C=O) groups excluding carboxylic acids is 1. The lowest BCUT2D eigenvalue weighted by atomic mass is 9.93. The first-order valence-corrected chi connectivity index (χ1v) is 5.43. The molecule has 1 aliphatic rings. The number of hydrogen-bond donors (Lipinski definition) is 3. The first kappa shape index (κ1) is 10.9. The van der Waals surface area contributed by atoms with Crippen LogP contribution in [0.2, 0.25) is 0 Å². The molecule has 0 spiro atoms. The lowest BCUT2D eigenvalue weighted by Crippen LogP contribution is -2.46. The van der Waals surface area contributed by atoms with Gasteiger partial charge < -0.3 is 16.4 Å². The Kier molecular flexibility index (Phi) is 2.83. The van der Waals surface area contributed by atoms with E-state index in [9.17, 15) is 4.79 Å². The molecule has 4 nitrogen and oxygen atoms in total. The van der Waals surface area contributed by atoms with Crippen molar-refractivity contribution in [3.05, 3.63) is 23.8 Å². The average Bonchev–Trinajstić information content (AvgIpc) is 2.18. The van der Waals surface area contributed by atoms with Crippen molar-refractivity contribution < 1.29 is 4.79 Å². The van der Waals surface area contributed by atoms with Crippen LogP contribution in [0.25, 0.3) is 0 Å². The smallest absolute Gasteiger partial charge is 0.221 e. The fourth-order valence-corrected chi connectivity index (χ4v) is 2.05. The summed E-state index contributed by atoms with van der Waals surface area (Å²) in [5.74, 6) is -0.358. The quantitative estimate of drug-likeness (QED) is 0.445. The van der Waals surface area contributed by atoms with E-state index in [0.717, 1.165) is 16.7 Å². The van der Waals surface area contributed by atoms with Gasteiger partial charge in [0.2, 0.25) is 5.91 Å². The Labute approximate surface area is 100.0 Å². The molecule has 1 atom stereocenters. The minimum absolute atomic E-state index is 0.208. The van der Waals surface area contributed by atoms with Crippen LogP contribution in [0.3, 0.4) is 0 Å². The van der Waals surface area contributed by atoms with Gasteiger partial charge in [-0.25, -0.2) is 0 Å². The van der Waals surface area contributed by atoms with Crippen molar-refractivity contribution >= 4 is 42.1 Å². The summed E-state index contributed by atoms with van der Waals surface area (Å²) in [6.07, 6.45) is 0.00759. The third-order valence-corrected chi connectivity index (χ3v) is 2.80. The fraction of sp³-hybridized carbons (Fsp3) is 0.200. The van der Waals surface area contributed by atoms with E-state index in [-0.39, 0.29) is 18.5 Å². The van der Waals surface area contributed by atoms with Crippen molar-refractivity contribution in [3.63, 3.8) is 0 Å². The number of amides is 1. The SMILES string of the molecule is Bc1ccc2c(c1)C(=S)NC(CC(N)=O)N2. The first-order chi connectivity index (χ1) is 7.56. The van der Waals surface area contributed by atoms with Gasteiger partial charge >= 0.3 is 0 Å². The van der Waals surface area contributed by atoms with Crippen molar-refractivity contribution in [2.75, 3.05) is 5.32 Å². The molecule has 0 fully saturated rings. The molecule has 0 saturated carbocycles. The number of rotatable bonds is 2. The van der Waals surface area contributed by atoms with Crippen molar-refractivity contribution in [1.82, 2.24) is 5.32 Å². The Balaban J connectivity index is 2.26. The number of primary amides is 1. The maximum atomic E-state index is 10.8. The van der Waals surface area contributed by atoms with Crippen molar-refractivity contribution in [2.24, 2.45) is 5.73 Å². The van der Waals surface area contributed by atoms with E-state index < -0.39 is 0 Å². The predicted molar refractivity (Wildman–Crippen MR) is 70.7 cm³/mol. The minimum atomic E-state index is -0.358. The number of nitrogens with two attached hydrogens (primary N) is 1. The molecule has 1 amide bonds. The van der Waals surface area contributed by atoms with Crippen molar-refractivity contribution in [3.8, 4) is 0 Å². The lowest BCUT2D eigenvalue weighted by molar-refractivity contribution is -0.118. The monoisotopic (exact) mass is 233 g/mol. The van der Waals surface area contributed by atoms with Crippen LogP contribution in [-0.4, -0.2) is 24.9 Å². The molecule has 0 bridgehead atoms. The molecule has 16 heavy (non-hydrogen) atoms. The summed E-state index contributed by atoms with van der Waals surface area (Å²) in [5, 5.41) is 6.24. The molecule has 82 valence electrons. The van der Waals surface area contributed by atoms with Gasteiger partial charge in [-0.05, 0) is 6.07 Å². The maximum Gasteiger partial charge on any atom is 0.221 e. The normalized spacial score (nSPS) is 18.2. The van der Waals surface area contributed by atoms with E-state index in [1.165, 1.54) is 0 Å². The van der Waals surface area contributed by atoms with Gasteiger partial charge in [0, 0.05) is 11.3 Å². The summed E-state index contributed by atoms with van der Waals surface area (Å²) in [6.45, 7) is 0. The standard InChI is InChI=1S/C10H12BN3OS/c11-5-1-2-7-6(3-5)10(16)14-9(13-7)4-8(12)15/h1-3,9,13H,4,11H2,(H2,12,15)(H,14,16). The Morgan fingerprint density at radius 1 is 1.50 bits per heavy atom. The molecule has 0 aromatic heterocycles. The topological polar surface area (TPSA) is 67.1 Å². The van der Waals surface area contributed by atoms with Crippen LogP contribution < -0.4 is 21.8 Å². The molecule has 2 rings (SSSR count). The minimum Gasteiger partial charge on any atom is -0.370 e. The predicted octanol–water partition coefficient (Wildman–Crippen LogP) is -1.16. The van der Waals surface area contributed by atoms with Crippen LogP contribution in [0.4, 0.5) is 5.69 Å². The number of nitrogens with one attached hydrogen (secondary N) is 2. The molecule has 1 aromatic rings. The van der Waals surface area contributed by atoms with Gasteiger partial charge in [0.05, 0.1) is 6.42 Å². The summed E-state index contributed by atoms with van der Waals surface area (Å²) in [6, 6.07) is 5.98. The number of fused-ring (bicyclic) bond motifs is 1. The summed E-state index contributed by atoms with van der Waals surface area (Å²) in [4.78, 5) is 11.5. The molecule has 0 radical (unpaired) electrons. The molecule has 6 heteroatoms. The molecule has 4 N–H and O–H groups in total. The number of carbonyl (C=O) groups is 1. The molecular weight excluding hydrogens is 221 g/mol. The van der Waals surface area contributed by atoms with E-state index in [0.29, 0.717) is 4.99 Å². The summed E-state index contributed by atoms with van der Waals surface area (Å²) in [5.41, 5.74) is 8.21. The second-order valence-electron chi connectivity index (χ2n) is 3.89. The Morgan fingerprint density at radius 2 is 2.25 bits per heavy atom. The van der Waals surface area contributed by atoms with Crippen LogP contribution in [0.15, 0.2) is 18.2 Å². The van der Waals surface area contributed by atoms with E-state index >= 15 is 0 Å². The van der Waals surface area contributed by atoms with Crippen molar-refractivity contribution in [1.29, 1.82) is 0 Å². The third kappa shape index (κ3) is 2.16. The second-order valence-corrected chi connectivity index (χ2v) is 4.30. The first-order valence-electron chi connectivity index (χ1n) is 5.02. The fourth-order valence-electron chi connectivity index (χ4n) is 1.73. The number of anilines is 1. The highest BCUT2D eigenvalue weighted by Crippen LogP contribution is 2.19. The highest BCUT2D eigenvalue weighted by Gasteiger charge is 2.21. The summed E-state index contributed by atoms with van der Waals surface area (Å²) in [7, 11) is 2.01. The van der Waals surface area contributed by atoms with Gasteiger partial charge in [-0.3, -0.25) is 4.79 Å². The molecule has 0 aliphatic carbocycles. The van der Waals surface area contributed by atoms with Crippen LogP contribution in [0, 0.1) is 0 Å². The van der Waals surface area contributed by atoms with E-state index in [4.69, 9.17) is 18.0 Å². The van der Waals surface area contributed by atoms with Gasteiger partial charge in [-0.1, -0.05) is 29.8 Å². The second kappa shape index (κ2) is 4.13. The van der Waals surface area contributed by atoms with Crippen molar-refractivity contribution in [2.45, 2.75) is 12.6 Å². The van der Waals surface area contributed by atoms with Gasteiger partial charge in [0.1, 0.15) is 19.0 Å². The van der Waals surface area contributed by atoms with Crippen LogP contribution in [-0.2, 0) is 4.79 Å². The van der Waals surface area contributed by atoms with E-state index in [1.807, 2.05) is 26.0 Å². The van der Waals surface area contributed by atoms with Gasteiger partial charge in [0.25, 0.3) is 0 Å². The number of thiocarbonyl (C=S) groups is 1. The molecule has 1 aromatic carbocycles. The maximum absolute atomic E-state index is 10.8. The van der Waals surface area contributed by atoms with Gasteiger partial charge in [-0.2, -0.15) is 0 Å². The molecular formula is C10H12BN3OS. The van der Waals surface area contributed by atoms with Gasteiger partial charge in [-0.15, -0.1) is 0 Å².